The van der Waals surface area contributed by atoms with E-state index in [1.807, 2.05) is 0 Å². The summed E-state index contributed by atoms with van der Waals surface area (Å²) in [6.07, 6.45) is 6.15. The first-order valence-corrected chi connectivity index (χ1v) is 6.34. The van der Waals surface area contributed by atoms with Gasteiger partial charge < -0.3 is 9.84 Å². The first-order valence-electron chi connectivity index (χ1n) is 6.34. The van der Waals surface area contributed by atoms with Crippen LogP contribution in [0.1, 0.15) is 32.1 Å². The molecule has 15 heavy (non-hydrogen) atoms. The summed E-state index contributed by atoms with van der Waals surface area (Å²) in [7, 11) is 0. The van der Waals surface area contributed by atoms with E-state index in [1.54, 1.807) is 0 Å². The van der Waals surface area contributed by atoms with Gasteiger partial charge in [0.2, 0.25) is 0 Å². The summed E-state index contributed by atoms with van der Waals surface area (Å²) in [6.45, 7) is 4.51. The summed E-state index contributed by atoms with van der Waals surface area (Å²) < 4.78 is 5.56. The van der Waals surface area contributed by atoms with Crippen LogP contribution in [0.25, 0.3) is 0 Å². The molecule has 0 spiro atoms. The Balaban J connectivity index is 1.68. The highest BCUT2D eigenvalue weighted by molar-refractivity contribution is 4.89. The van der Waals surface area contributed by atoms with Crippen LogP contribution in [0, 0.1) is 5.92 Å². The minimum absolute atomic E-state index is 0.342. The van der Waals surface area contributed by atoms with E-state index in [9.17, 15) is 0 Å². The predicted octanol–water partition coefficient (Wildman–Crippen LogP) is 1.26. The van der Waals surface area contributed by atoms with Gasteiger partial charge in [-0.3, -0.25) is 4.90 Å². The van der Waals surface area contributed by atoms with Crippen LogP contribution in [0.15, 0.2) is 0 Å². The molecule has 1 heterocycles. The zero-order valence-corrected chi connectivity index (χ0v) is 9.53. The maximum Gasteiger partial charge on any atom is 0.0625 e. The van der Waals surface area contributed by atoms with Gasteiger partial charge in [-0.1, -0.05) is 0 Å². The van der Waals surface area contributed by atoms with Crippen LogP contribution in [-0.4, -0.2) is 49.0 Å². The molecule has 1 aliphatic carbocycles. The van der Waals surface area contributed by atoms with Gasteiger partial charge >= 0.3 is 0 Å². The van der Waals surface area contributed by atoms with Crippen molar-refractivity contribution in [2.24, 2.45) is 5.92 Å². The minimum atomic E-state index is 0.342. The van der Waals surface area contributed by atoms with E-state index in [0.717, 1.165) is 38.5 Å². The molecule has 0 amide bonds. The Bertz CT molecular complexity index is 182. The lowest BCUT2D eigenvalue weighted by atomic mass is 10.1. The molecule has 2 aliphatic rings. The third-order valence-corrected chi connectivity index (χ3v) is 3.55. The smallest absolute Gasteiger partial charge is 0.0625 e. The van der Waals surface area contributed by atoms with Crippen LogP contribution in [0.3, 0.4) is 0 Å². The highest BCUT2D eigenvalue weighted by Crippen LogP contribution is 2.36. The second kappa shape index (κ2) is 5.83. The summed E-state index contributed by atoms with van der Waals surface area (Å²) >= 11 is 0. The lowest BCUT2D eigenvalue weighted by Crippen LogP contribution is -2.47. The zero-order valence-electron chi connectivity index (χ0n) is 9.53. The number of unbranched alkanes of at least 4 members (excludes halogenated alkanes) is 2. The molecule has 1 saturated heterocycles. The maximum absolute atomic E-state index is 8.72. The highest BCUT2D eigenvalue weighted by Gasteiger charge is 2.36. The van der Waals surface area contributed by atoms with E-state index >= 15 is 0 Å². The number of rotatable bonds is 6. The van der Waals surface area contributed by atoms with Crippen molar-refractivity contribution in [3.8, 4) is 0 Å². The van der Waals surface area contributed by atoms with E-state index in [4.69, 9.17) is 9.84 Å². The summed E-state index contributed by atoms with van der Waals surface area (Å²) in [5.41, 5.74) is 0. The molecule has 1 saturated carbocycles. The number of aliphatic hydroxyl groups is 1. The molecule has 1 atom stereocenters. The van der Waals surface area contributed by atoms with Gasteiger partial charge in [-0.25, -0.2) is 0 Å². The van der Waals surface area contributed by atoms with Crippen LogP contribution in [0.2, 0.25) is 0 Å². The molecule has 0 radical (unpaired) electrons. The van der Waals surface area contributed by atoms with E-state index in [-0.39, 0.29) is 0 Å². The lowest BCUT2D eigenvalue weighted by Gasteiger charge is -2.35. The average Bonchev–Trinajstić information content (AvgIpc) is 3.09. The normalized spacial score (nSPS) is 28.2. The number of hydrogen-bond acceptors (Lipinski definition) is 3. The number of morpholine rings is 1. The van der Waals surface area contributed by atoms with Crippen LogP contribution in [0.4, 0.5) is 0 Å². The summed E-state index contributed by atoms with van der Waals surface area (Å²) in [6, 6.07) is 0.702. The van der Waals surface area contributed by atoms with Crippen LogP contribution < -0.4 is 0 Å². The molecule has 0 bridgehead atoms. The number of ether oxygens (including phenoxy) is 1. The standard InChI is InChI=1S/C12H23NO2/c14-8-3-1-2-6-13-7-9-15-10-12(13)11-4-5-11/h11-12,14H,1-10H2. The maximum atomic E-state index is 8.72. The molecule has 1 unspecified atom stereocenters. The second-order valence-corrected chi connectivity index (χ2v) is 4.80. The fraction of sp³-hybridized carbons (Fsp3) is 1.00. The molecule has 88 valence electrons. The van der Waals surface area contributed by atoms with Gasteiger partial charge in [0.05, 0.1) is 13.2 Å². The molecule has 2 rings (SSSR count). The second-order valence-electron chi connectivity index (χ2n) is 4.80. The van der Waals surface area contributed by atoms with Gasteiger partial charge in [0.1, 0.15) is 0 Å². The first kappa shape index (κ1) is 11.4. The third kappa shape index (κ3) is 3.44. The summed E-state index contributed by atoms with van der Waals surface area (Å²) in [4.78, 5) is 2.61. The zero-order chi connectivity index (χ0) is 10.5. The molecule has 0 aromatic heterocycles. The average molecular weight is 213 g/mol. The number of nitrogens with zero attached hydrogens (tertiary/aromatic N) is 1. The quantitative estimate of drug-likeness (QED) is 0.674. The fourth-order valence-corrected chi connectivity index (χ4v) is 2.45. The van der Waals surface area contributed by atoms with Gasteiger partial charge in [0.25, 0.3) is 0 Å². The van der Waals surface area contributed by atoms with E-state index in [2.05, 4.69) is 4.90 Å². The number of aliphatic hydroxyl groups excluding tert-OH is 1. The van der Waals surface area contributed by atoms with Crippen LogP contribution in [-0.2, 0) is 4.74 Å². The Morgan fingerprint density at radius 3 is 2.80 bits per heavy atom. The Morgan fingerprint density at radius 1 is 1.20 bits per heavy atom. The molecule has 1 aliphatic heterocycles. The lowest BCUT2D eigenvalue weighted by molar-refractivity contribution is -0.0163. The van der Waals surface area contributed by atoms with Crippen molar-refractivity contribution >= 4 is 0 Å². The van der Waals surface area contributed by atoms with Gasteiger partial charge in [0.15, 0.2) is 0 Å². The van der Waals surface area contributed by atoms with Crippen molar-refractivity contribution in [1.82, 2.24) is 4.90 Å². The largest absolute Gasteiger partial charge is 0.396 e. The molecule has 3 heteroatoms. The van der Waals surface area contributed by atoms with Crippen molar-refractivity contribution in [2.45, 2.75) is 38.1 Å². The molecule has 0 aromatic rings. The molecule has 0 aromatic carbocycles. The Hall–Kier alpha value is -0.120. The van der Waals surface area contributed by atoms with Gasteiger partial charge in [-0.2, -0.15) is 0 Å². The topological polar surface area (TPSA) is 32.7 Å². The molecule has 2 fully saturated rings. The Labute approximate surface area is 92.4 Å². The van der Waals surface area contributed by atoms with Crippen molar-refractivity contribution < 1.29 is 9.84 Å². The molecule has 3 nitrogen and oxygen atoms in total. The summed E-state index contributed by atoms with van der Waals surface area (Å²) in [5, 5.41) is 8.72. The monoisotopic (exact) mass is 213 g/mol. The third-order valence-electron chi connectivity index (χ3n) is 3.55. The molecule has 1 N–H and O–H groups in total. The van der Waals surface area contributed by atoms with E-state index in [0.29, 0.717) is 12.6 Å². The number of hydrogen-bond donors (Lipinski definition) is 1. The SMILES string of the molecule is OCCCCCN1CCOCC1C1CC1. The van der Waals surface area contributed by atoms with Crippen LogP contribution >= 0.6 is 0 Å². The van der Waals surface area contributed by atoms with Crippen molar-refractivity contribution in [2.75, 3.05) is 32.9 Å². The summed E-state index contributed by atoms with van der Waals surface area (Å²) in [5.74, 6) is 0.920. The molecular weight excluding hydrogens is 190 g/mol. The Kier molecular flexibility index (Phi) is 4.42. The van der Waals surface area contributed by atoms with Crippen molar-refractivity contribution in [3.63, 3.8) is 0 Å². The van der Waals surface area contributed by atoms with Gasteiger partial charge in [-0.05, 0) is 44.6 Å². The van der Waals surface area contributed by atoms with Crippen molar-refractivity contribution in [3.05, 3.63) is 0 Å². The highest BCUT2D eigenvalue weighted by atomic mass is 16.5. The fourth-order valence-electron chi connectivity index (χ4n) is 2.45. The Morgan fingerprint density at radius 2 is 2.07 bits per heavy atom. The van der Waals surface area contributed by atoms with Crippen molar-refractivity contribution in [1.29, 1.82) is 0 Å². The van der Waals surface area contributed by atoms with Gasteiger partial charge in [-0.15, -0.1) is 0 Å². The predicted molar refractivity (Wildman–Crippen MR) is 59.8 cm³/mol. The van der Waals surface area contributed by atoms with E-state index < -0.39 is 0 Å². The van der Waals surface area contributed by atoms with E-state index in [1.165, 1.54) is 25.8 Å². The first-order chi connectivity index (χ1) is 7.42. The van der Waals surface area contributed by atoms with Crippen LogP contribution in [0.5, 0.6) is 0 Å². The van der Waals surface area contributed by atoms with Gasteiger partial charge in [0, 0.05) is 19.2 Å². The molecular formula is C12H23NO2. The minimum Gasteiger partial charge on any atom is -0.396 e.